The number of amides is 3. The Morgan fingerprint density at radius 1 is 1.10 bits per heavy atom. The highest BCUT2D eigenvalue weighted by molar-refractivity contribution is 6.09. The van der Waals surface area contributed by atoms with Crippen LogP contribution in [0.1, 0.15) is 54.6 Å². The zero-order chi connectivity index (χ0) is 30.0. The molecule has 41 heavy (non-hydrogen) atoms. The molecule has 0 atom stereocenters. The van der Waals surface area contributed by atoms with Crippen molar-refractivity contribution < 1.29 is 18.8 Å². The van der Waals surface area contributed by atoms with E-state index in [-0.39, 0.29) is 40.3 Å². The fourth-order valence-electron chi connectivity index (χ4n) is 4.87. The van der Waals surface area contributed by atoms with Gasteiger partial charge in [-0.05, 0) is 62.6 Å². The first-order valence-corrected chi connectivity index (χ1v) is 13.8. The number of β-lactam (4-membered cyclic amide) rings is 1. The average molecular weight is 562 g/mol. The van der Waals surface area contributed by atoms with E-state index in [1.807, 2.05) is 13.8 Å². The number of aromatic nitrogens is 1. The Hall–Kier alpha value is -4.47. The third kappa shape index (κ3) is 5.59. The van der Waals surface area contributed by atoms with Gasteiger partial charge in [-0.15, -0.1) is 0 Å². The van der Waals surface area contributed by atoms with Crippen molar-refractivity contribution in [3.63, 3.8) is 0 Å². The van der Waals surface area contributed by atoms with Crippen LogP contribution in [-0.2, 0) is 16.6 Å². The molecule has 1 aliphatic carbocycles. The molecule has 3 aromatic rings. The quantitative estimate of drug-likeness (QED) is 0.302. The van der Waals surface area contributed by atoms with Crippen LogP contribution in [0.2, 0.25) is 0 Å². The number of hydrogen-bond donors (Lipinski definition) is 1. The molecule has 0 bridgehead atoms. The van der Waals surface area contributed by atoms with Crippen molar-refractivity contribution in [2.45, 2.75) is 53.0 Å². The number of anilines is 5. The van der Waals surface area contributed by atoms with Crippen LogP contribution in [0.5, 0.6) is 0 Å². The second-order valence-electron chi connectivity index (χ2n) is 10.1. The van der Waals surface area contributed by atoms with Crippen molar-refractivity contribution in [3.05, 3.63) is 75.3 Å². The van der Waals surface area contributed by atoms with Crippen LogP contribution >= 0.6 is 0 Å². The molecule has 2 aliphatic rings. The van der Waals surface area contributed by atoms with Crippen LogP contribution < -0.4 is 20.7 Å². The van der Waals surface area contributed by atoms with Crippen molar-refractivity contribution >= 4 is 46.8 Å². The molecule has 1 aromatic heterocycles. The summed E-state index contributed by atoms with van der Waals surface area (Å²) < 4.78 is 16.2. The minimum Gasteiger partial charge on any atom is -0.339 e. The summed E-state index contributed by atoms with van der Waals surface area (Å²) in [6.07, 6.45) is 2.69. The Bertz CT molecular complexity index is 1560. The maximum Gasteiger partial charge on any atom is 0.259 e. The summed E-state index contributed by atoms with van der Waals surface area (Å²) in [6, 6.07) is 11.5. The Kier molecular flexibility index (Phi) is 8.60. The first kappa shape index (κ1) is 29.5. The van der Waals surface area contributed by atoms with E-state index in [1.165, 1.54) is 22.6 Å². The van der Waals surface area contributed by atoms with Gasteiger partial charge in [0, 0.05) is 44.4 Å². The van der Waals surface area contributed by atoms with Crippen molar-refractivity contribution in [1.29, 1.82) is 0 Å². The minimum absolute atomic E-state index is 0.0249. The molecular weight excluding hydrogens is 525 g/mol. The van der Waals surface area contributed by atoms with Crippen LogP contribution in [0.15, 0.2) is 47.3 Å². The molecule has 2 fully saturated rings. The van der Waals surface area contributed by atoms with Crippen LogP contribution in [0.3, 0.4) is 0 Å². The number of carbonyl (C=O) groups excluding carboxylic acids is 3. The van der Waals surface area contributed by atoms with Gasteiger partial charge in [0.25, 0.3) is 11.5 Å². The van der Waals surface area contributed by atoms with Gasteiger partial charge in [0.2, 0.25) is 12.3 Å². The molecule has 1 aliphatic heterocycles. The van der Waals surface area contributed by atoms with Gasteiger partial charge in [0.15, 0.2) is 0 Å². The van der Waals surface area contributed by atoms with Gasteiger partial charge in [0.1, 0.15) is 17.2 Å². The van der Waals surface area contributed by atoms with Crippen LogP contribution in [0.25, 0.3) is 0 Å². The van der Waals surface area contributed by atoms with Crippen LogP contribution in [-0.4, -0.2) is 47.3 Å². The SMILES string of the molecule is CC.Cc1ccc(Nc2c(C(=O)N(C)C3CC3)c(N(C=O)c3cccc(N4CCC4=O)c3)c(C)c(=O)n2C)c(F)c1. The minimum atomic E-state index is -0.544. The van der Waals surface area contributed by atoms with Gasteiger partial charge in [-0.25, -0.2) is 4.39 Å². The van der Waals surface area contributed by atoms with E-state index in [9.17, 15) is 23.6 Å². The first-order chi connectivity index (χ1) is 19.6. The summed E-state index contributed by atoms with van der Waals surface area (Å²) in [5.74, 6) is -0.898. The summed E-state index contributed by atoms with van der Waals surface area (Å²) in [6.45, 7) is 7.89. The van der Waals surface area contributed by atoms with Gasteiger partial charge >= 0.3 is 0 Å². The molecular formula is C31H36FN5O4. The topological polar surface area (TPSA) is 95.0 Å². The van der Waals surface area contributed by atoms with Crippen LogP contribution in [0, 0.1) is 19.7 Å². The van der Waals surface area contributed by atoms with Gasteiger partial charge in [-0.1, -0.05) is 26.0 Å². The number of halogens is 1. The largest absolute Gasteiger partial charge is 0.339 e. The molecule has 5 rings (SSSR count). The molecule has 9 nitrogen and oxygen atoms in total. The highest BCUT2D eigenvalue weighted by Crippen LogP contribution is 2.38. The Balaban J connectivity index is 0.00000189. The van der Waals surface area contributed by atoms with E-state index in [1.54, 1.807) is 67.1 Å². The fourth-order valence-corrected chi connectivity index (χ4v) is 4.87. The zero-order valence-electron chi connectivity index (χ0n) is 24.3. The third-order valence-corrected chi connectivity index (χ3v) is 7.41. The second-order valence-corrected chi connectivity index (χ2v) is 10.1. The maximum absolute atomic E-state index is 14.9. The molecule has 3 amide bonds. The van der Waals surface area contributed by atoms with E-state index in [0.29, 0.717) is 36.3 Å². The lowest BCUT2D eigenvalue weighted by atomic mass is 10.0. The Morgan fingerprint density at radius 2 is 1.80 bits per heavy atom. The lowest BCUT2D eigenvalue weighted by Gasteiger charge is -2.32. The number of pyridine rings is 1. The van der Waals surface area contributed by atoms with Gasteiger partial charge in [-0.2, -0.15) is 0 Å². The second kappa shape index (κ2) is 12.0. The average Bonchev–Trinajstić information content (AvgIpc) is 3.81. The molecule has 10 heteroatoms. The lowest BCUT2D eigenvalue weighted by Crippen LogP contribution is -2.43. The number of benzene rings is 2. The lowest BCUT2D eigenvalue weighted by molar-refractivity contribution is -0.122. The predicted molar refractivity (Wildman–Crippen MR) is 159 cm³/mol. The van der Waals surface area contributed by atoms with E-state index in [2.05, 4.69) is 5.32 Å². The highest BCUT2D eigenvalue weighted by atomic mass is 19.1. The molecule has 1 saturated carbocycles. The molecule has 2 heterocycles. The molecule has 2 aromatic carbocycles. The Labute approximate surface area is 239 Å². The van der Waals surface area contributed by atoms with Crippen molar-refractivity contribution in [3.8, 4) is 0 Å². The fraction of sp³-hybridized carbons (Fsp3) is 0.355. The van der Waals surface area contributed by atoms with E-state index in [4.69, 9.17) is 0 Å². The Morgan fingerprint density at radius 3 is 2.37 bits per heavy atom. The van der Waals surface area contributed by atoms with E-state index < -0.39 is 17.3 Å². The molecule has 1 N–H and O–H groups in total. The standard InChI is InChI=1S/C29H30FN5O4.C2H6/c1-17-8-11-23(22(30)14-17)31-27-25(29(39)32(3)19-9-10-19)26(18(2)28(38)33(27)4)35(16-36)21-7-5-6-20(15-21)34-13-12-24(34)37;1-2/h5-8,11,14-16,19,31H,9-10,12-13H2,1-4H3;1-2H3. The summed E-state index contributed by atoms with van der Waals surface area (Å²) in [5.41, 5.74) is 1.70. The van der Waals surface area contributed by atoms with E-state index in [0.717, 1.165) is 12.8 Å². The maximum atomic E-state index is 14.9. The summed E-state index contributed by atoms with van der Waals surface area (Å²) in [4.78, 5) is 56.6. The first-order valence-electron chi connectivity index (χ1n) is 13.8. The summed E-state index contributed by atoms with van der Waals surface area (Å²) in [5, 5.41) is 2.97. The number of rotatable bonds is 8. The van der Waals surface area contributed by atoms with Crippen molar-refractivity contribution in [2.24, 2.45) is 7.05 Å². The van der Waals surface area contributed by atoms with E-state index >= 15 is 0 Å². The molecule has 0 spiro atoms. The molecule has 1 saturated heterocycles. The molecule has 0 radical (unpaired) electrons. The summed E-state index contributed by atoms with van der Waals surface area (Å²) >= 11 is 0. The third-order valence-electron chi connectivity index (χ3n) is 7.41. The zero-order valence-corrected chi connectivity index (χ0v) is 24.3. The smallest absolute Gasteiger partial charge is 0.259 e. The number of nitrogens with zero attached hydrogens (tertiary/aromatic N) is 4. The van der Waals surface area contributed by atoms with Gasteiger partial charge < -0.3 is 15.1 Å². The van der Waals surface area contributed by atoms with Crippen LogP contribution in [0.4, 0.5) is 33.0 Å². The number of aryl methyl sites for hydroxylation is 1. The monoisotopic (exact) mass is 561 g/mol. The van der Waals surface area contributed by atoms with Crippen molar-refractivity contribution in [2.75, 3.05) is 28.7 Å². The normalized spacial score (nSPS) is 14.0. The predicted octanol–water partition coefficient (Wildman–Crippen LogP) is 5.18. The number of hydrogen-bond acceptors (Lipinski definition) is 5. The number of nitrogens with one attached hydrogen (secondary N) is 1. The number of carbonyl (C=O) groups is 3. The van der Waals surface area contributed by atoms with Gasteiger partial charge in [-0.3, -0.25) is 28.6 Å². The van der Waals surface area contributed by atoms with Crippen molar-refractivity contribution in [1.82, 2.24) is 9.47 Å². The molecule has 0 unspecified atom stereocenters. The summed E-state index contributed by atoms with van der Waals surface area (Å²) in [7, 11) is 3.19. The molecule has 216 valence electrons. The van der Waals surface area contributed by atoms with Gasteiger partial charge in [0.05, 0.1) is 17.1 Å². The highest BCUT2D eigenvalue weighted by Gasteiger charge is 2.36.